The highest BCUT2D eigenvalue weighted by molar-refractivity contribution is 7.48. The number of carbonyl (C=O) groups is 3. The van der Waals surface area contributed by atoms with Gasteiger partial charge in [-0.1, -0.05) is 74.3 Å². The molecule has 0 N–H and O–H groups in total. The van der Waals surface area contributed by atoms with Crippen molar-refractivity contribution in [3.8, 4) is 11.1 Å². The summed E-state index contributed by atoms with van der Waals surface area (Å²) in [7, 11) is -4.41. The van der Waals surface area contributed by atoms with Crippen molar-refractivity contribution in [2.75, 3.05) is 33.0 Å². The van der Waals surface area contributed by atoms with Gasteiger partial charge in [-0.2, -0.15) is 0 Å². The predicted molar refractivity (Wildman–Crippen MR) is 139 cm³/mol. The second-order valence-electron chi connectivity index (χ2n) is 7.24. The molecule has 0 aromatic heterocycles. The fourth-order valence-corrected chi connectivity index (χ4v) is 4.29. The highest BCUT2D eigenvalue weighted by Gasteiger charge is 2.34. The van der Waals surface area contributed by atoms with Gasteiger partial charge < -0.3 is 14.2 Å². The molecule has 11 heteroatoms. The van der Waals surface area contributed by atoms with Crippen molar-refractivity contribution in [1.82, 2.24) is 0 Å². The molecule has 2 aromatic carbocycles. The Morgan fingerprint density at radius 2 is 1.21 bits per heavy atom. The molecule has 0 radical (unpaired) electrons. The lowest BCUT2D eigenvalue weighted by Gasteiger charge is -2.25. The monoisotopic (exact) mass is 544 g/mol. The predicted octanol–water partition coefficient (Wildman–Crippen LogP) is 4.74. The second-order valence-corrected chi connectivity index (χ2v) is 8.86. The zero-order valence-electron chi connectivity index (χ0n) is 20.7. The van der Waals surface area contributed by atoms with Gasteiger partial charge in [-0.25, -0.2) is 18.9 Å². The third-order valence-electron chi connectivity index (χ3n) is 4.68. The molecule has 202 valence electrons. The molecule has 0 fully saturated rings. The van der Waals surface area contributed by atoms with Crippen LogP contribution in [0.25, 0.3) is 11.1 Å². The number of benzene rings is 2. The zero-order chi connectivity index (χ0) is 27.8. The number of hydrogen-bond donors (Lipinski definition) is 0. The van der Waals surface area contributed by atoms with Gasteiger partial charge in [0.05, 0.1) is 13.2 Å². The Kier molecular flexibility index (Phi) is 12.9. The van der Waals surface area contributed by atoms with E-state index in [4.69, 9.17) is 27.8 Å². The molecule has 0 aliphatic heterocycles. The molecule has 0 aliphatic rings. The minimum Gasteiger partial charge on any atom is -0.460 e. The molecule has 2 aromatic rings. The van der Waals surface area contributed by atoms with E-state index in [1.165, 1.54) is 0 Å². The van der Waals surface area contributed by atoms with Crippen LogP contribution in [-0.4, -0.2) is 50.9 Å². The van der Waals surface area contributed by atoms with Crippen molar-refractivity contribution in [1.29, 1.82) is 0 Å². The summed E-state index contributed by atoms with van der Waals surface area (Å²) in [6.45, 7) is 8.33. The van der Waals surface area contributed by atoms with Gasteiger partial charge in [-0.3, -0.25) is 13.6 Å². The van der Waals surface area contributed by atoms with Crippen LogP contribution < -0.4 is 0 Å². The van der Waals surface area contributed by atoms with Crippen LogP contribution in [0.2, 0.25) is 0 Å². The lowest BCUT2D eigenvalue weighted by atomic mass is 9.96. The summed E-state index contributed by atoms with van der Waals surface area (Å²) in [6, 6.07) is 16.4. The fourth-order valence-electron chi connectivity index (χ4n) is 3.01. The number of phosphoric acid groups is 1. The molecule has 0 amide bonds. The molecule has 1 atom stereocenters. The van der Waals surface area contributed by atoms with Crippen LogP contribution in [0.5, 0.6) is 0 Å². The highest BCUT2D eigenvalue weighted by atomic mass is 31.2. The Morgan fingerprint density at radius 1 is 0.711 bits per heavy atom. The van der Waals surface area contributed by atoms with E-state index in [1.54, 1.807) is 12.1 Å². The molecule has 10 nitrogen and oxygen atoms in total. The van der Waals surface area contributed by atoms with Crippen molar-refractivity contribution in [3.63, 3.8) is 0 Å². The Balaban J connectivity index is 2.33. The minimum atomic E-state index is -4.41. The van der Waals surface area contributed by atoms with Gasteiger partial charge >= 0.3 is 25.7 Å². The summed E-state index contributed by atoms with van der Waals surface area (Å²) in [4.78, 5) is 34.5. The van der Waals surface area contributed by atoms with Crippen molar-refractivity contribution in [3.05, 3.63) is 98.1 Å². The smallest absolute Gasteiger partial charge is 0.460 e. The summed E-state index contributed by atoms with van der Waals surface area (Å²) in [6.07, 6.45) is 1.79. The van der Waals surface area contributed by atoms with E-state index in [1.807, 2.05) is 42.5 Å². The lowest BCUT2D eigenvalue weighted by Crippen LogP contribution is -2.18. The largest absolute Gasteiger partial charge is 0.475 e. The fraction of sp³-hybridized carbons (Fsp3) is 0.222. The number of esters is 3. The lowest BCUT2D eigenvalue weighted by molar-refractivity contribution is -0.140. The van der Waals surface area contributed by atoms with Crippen LogP contribution in [0.3, 0.4) is 0 Å². The van der Waals surface area contributed by atoms with Gasteiger partial charge in [-0.05, 0) is 16.7 Å². The molecule has 0 saturated carbocycles. The van der Waals surface area contributed by atoms with E-state index >= 15 is 0 Å². The van der Waals surface area contributed by atoms with Crippen molar-refractivity contribution in [2.24, 2.45) is 0 Å². The highest BCUT2D eigenvalue weighted by Crippen LogP contribution is 2.53. The molecule has 2 rings (SSSR count). The summed E-state index contributed by atoms with van der Waals surface area (Å²) < 4.78 is 45.1. The molecule has 0 spiro atoms. The van der Waals surface area contributed by atoms with Crippen LogP contribution in [-0.2, 0) is 46.7 Å². The Bertz CT molecular complexity index is 1130. The first-order valence-electron chi connectivity index (χ1n) is 11.4. The van der Waals surface area contributed by atoms with Crippen molar-refractivity contribution in [2.45, 2.75) is 6.10 Å². The van der Waals surface area contributed by atoms with E-state index in [-0.39, 0.29) is 33.0 Å². The van der Waals surface area contributed by atoms with Crippen LogP contribution in [0, 0.1) is 0 Å². The first kappa shape index (κ1) is 30.4. The molecular weight excluding hydrogens is 515 g/mol. The van der Waals surface area contributed by atoms with Crippen LogP contribution in [0.1, 0.15) is 11.7 Å². The van der Waals surface area contributed by atoms with Gasteiger partial charge in [0.15, 0.2) is 0 Å². The molecule has 0 aliphatic carbocycles. The third-order valence-corrected chi connectivity index (χ3v) is 6.19. The van der Waals surface area contributed by atoms with E-state index in [9.17, 15) is 18.9 Å². The molecule has 0 bridgehead atoms. The van der Waals surface area contributed by atoms with E-state index < -0.39 is 31.8 Å². The number of rotatable bonds is 17. The summed E-state index contributed by atoms with van der Waals surface area (Å²) >= 11 is 0. The number of hydrogen-bond acceptors (Lipinski definition) is 10. The van der Waals surface area contributed by atoms with Crippen LogP contribution in [0.4, 0.5) is 0 Å². The average molecular weight is 544 g/mol. The van der Waals surface area contributed by atoms with Crippen LogP contribution in [0.15, 0.2) is 92.6 Å². The van der Waals surface area contributed by atoms with E-state index in [2.05, 4.69) is 19.7 Å². The van der Waals surface area contributed by atoms with Gasteiger partial charge in [0.1, 0.15) is 25.9 Å². The third kappa shape index (κ3) is 10.3. The number of carbonyl (C=O) groups excluding carboxylic acids is 3. The number of ether oxygens (including phenoxy) is 3. The Labute approximate surface area is 221 Å². The first-order chi connectivity index (χ1) is 18.3. The first-order valence-corrected chi connectivity index (χ1v) is 12.9. The van der Waals surface area contributed by atoms with Gasteiger partial charge in [0.25, 0.3) is 0 Å². The topological polar surface area (TPSA) is 124 Å². The molecule has 0 saturated heterocycles. The maximum atomic E-state index is 13.6. The Morgan fingerprint density at radius 3 is 1.76 bits per heavy atom. The van der Waals surface area contributed by atoms with Crippen molar-refractivity contribution < 1.29 is 46.7 Å². The maximum absolute atomic E-state index is 13.6. The molecule has 38 heavy (non-hydrogen) atoms. The normalized spacial score (nSPS) is 11.6. The van der Waals surface area contributed by atoms with Crippen molar-refractivity contribution >= 4 is 25.7 Å². The minimum absolute atomic E-state index is 0.274. The Hall–Kier alpha value is -3.82. The second kappa shape index (κ2) is 16.1. The molecule has 1 unspecified atom stereocenters. The number of phosphoric ester groups is 1. The van der Waals surface area contributed by atoms with E-state index in [0.717, 1.165) is 29.4 Å². The zero-order valence-corrected chi connectivity index (χ0v) is 21.6. The van der Waals surface area contributed by atoms with Gasteiger partial charge in [0, 0.05) is 18.2 Å². The molecular formula is C27H29O10P. The maximum Gasteiger partial charge on any atom is 0.475 e. The van der Waals surface area contributed by atoms with Gasteiger partial charge in [-0.15, -0.1) is 0 Å². The molecule has 0 heterocycles. The van der Waals surface area contributed by atoms with Crippen LogP contribution >= 0.6 is 7.82 Å². The summed E-state index contributed by atoms with van der Waals surface area (Å²) in [5, 5.41) is 0. The van der Waals surface area contributed by atoms with Gasteiger partial charge in [0.2, 0.25) is 0 Å². The standard InChI is InChI=1S/C27H29O10P/c1-4-25(28)32-16-18-35-38(31,36-19-17-33-26(29)5-2)37-24(20-34-27(30)6-3)23-15-11-10-14-22(23)21-12-8-7-9-13-21/h4-15,24H,1-3,16-20H2. The van der Waals surface area contributed by atoms with E-state index in [0.29, 0.717) is 5.56 Å². The quantitative estimate of drug-likeness (QED) is 0.0907. The summed E-state index contributed by atoms with van der Waals surface area (Å²) in [5.74, 6) is -2.12. The average Bonchev–Trinajstić information content (AvgIpc) is 2.95. The SMILES string of the molecule is C=CC(=O)OCCOP(=O)(OCCOC(=O)C=C)OC(COC(=O)C=C)c1ccccc1-c1ccccc1. The summed E-state index contributed by atoms with van der Waals surface area (Å²) in [5.41, 5.74) is 2.08.